The smallest absolute Gasteiger partial charge is 0.220 e. The summed E-state index contributed by atoms with van der Waals surface area (Å²) >= 11 is 0. The molecule has 0 unspecified atom stereocenters. The summed E-state index contributed by atoms with van der Waals surface area (Å²) in [6, 6.07) is 0. The number of nitrogens with zero attached hydrogens (tertiary/aromatic N) is 1. The van der Waals surface area contributed by atoms with Gasteiger partial charge in [0.2, 0.25) is 5.91 Å². The monoisotopic (exact) mass is 228 g/mol. The molecule has 0 saturated carbocycles. The molecule has 1 fully saturated rings. The molecule has 2 atom stereocenters. The van der Waals surface area contributed by atoms with E-state index in [1.807, 2.05) is 6.92 Å². The van der Waals surface area contributed by atoms with Crippen LogP contribution in [0.5, 0.6) is 0 Å². The average Bonchev–Trinajstić information content (AvgIpc) is 2.26. The second kappa shape index (κ2) is 6.86. The maximum absolute atomic E-state index is 10.7. The number of amides is 1. The number of aliphatic hydroxyl groups is 1. The molecule has 0 aromatic heterocycles. The minimum Gasteiger partial charge on any atom is -0.392 e. The van der Waals surface area contributed by atoms with Gasteiger partial charge in [0.1, 0.15) is 0 Å². The first-order valence-corrected chi connectivity index (χ1v) is 6.28. The van der Waals surface area contributed by atoms with E-state index in [-0.39, 0.29) is 12.3 Å². The summed E-state index contributed by atoms with van der Waals surface area (Å²) < 4.78 is 0. The Morgan fingerprint density at radius 1 is 1.38 bits per heavy atom. The van der Waals surface area contributed by atoms with Gasteiger partial charge in [0.15, 0.2) is 0 Å². The minimum atomic E-state index is -0.581. The Kier molecular flexibility index (Phi) is 5.77. The van der Waals surface area contributed by atoms with Gasteiger partial charge in [-0.2, -0.15) is 0 Å². The lowest BCUT2D eigenvalue weighted by atomic mass is 9.97. The van der Waals surface area contributed by atoms with E-state index < -0.39 is 12.0 Å². The number of primary amides is 1. The highest BCUT2D eigenvalue weighted by atomic mass is 16.3. The SMILES string of the molecule is C[C@H](CCN1CCCCC1)[C@@H](O)CC(N)=O. The zero-order valence-corrected chi connectivity index (χ0v) is 10.2. The molecule has 16 heavy (non-hydrogen) atoms. The predicted molar refractivity (Wildman–Crippen MR) is 63.9 cm³/mol. The van der Waals surface area contributed by atoms with Gasteiger partial charge in [-0.05, 0) is 44.8 Å². The molecule has 1 aliphatic rings. The van der Waals surface area contributed by atoms with Gasteiger partial charge in [0, 0.05) is 0 Å². The van der Waals surface area contributed by atoms with Crippen LogP contribution >= 0.6 is 0 Å². The summed E-state index contributed by atoms with van der Waals surface area (Å²) in [5, 5.41) is 9.70. The van der Waals surface area contributed by atoms with Gasteiger partial charge in [-0.15, -0.1) is 0 Å². The molecular weight excluding hydrogens is 204 g/mol. The van der Waals surface area contributed by atoms with Crippen LogP contribution in [0.4, 0.5) is 0 Å². The van der Waals surface area contributed by atoms with Crippen molar-refractivity contribution in [2.75, 3.05) is 19.6 Å². The summed E-state index contributed by atoms with van der Waals surface area (Å²) in [6.45, 7) is 5.37. The third kappa shape index (κ3) is 4.94. The molecule has 1 amide bonds. The molecule has 3 N–H and O–H groups in total. The largest absolute Gasteiger partial charge is 0.392 e. The van der Waals surface area contributed by atoms with Crippen LogP contribution in [-0.4, -0.2) is 41.7 Å². The molecule has 94 valence electrons. The van der Waals surface area contributed by atoms with E-state index in [2.05, 4.69) is 4.90 Å². The van der Waals surface area contributed by atoms with Crippen molar-refractivity contribution in [1.82, 2.24) is 4.90 Å². The zero-order chi connectivity index (χ0) is 12.0. The summed E-state index contributed by atoms with van der Waals surface area (Å²) in [4.78, 5) is 13.1. The number of likely N-dealkylation sites (tertiary alicyclic amines) is 1. The van der Waals surface area contributed by atoms with E-state index in [0.717, 1.165) is 13.0 Å². The van der Waals surface area contributed by atoms with E-state index in [4.69, 9.17) is 5.73 Å². The number of nitrogens with two attached hydrogens (primary N) is 1. The van der Waals surface area contributed by atoms with Crippen LogP contribution < -0.4 is 5.73 Å². The Morgan fingerprint density at radius 2 is 2.00 bits per heavy atom. The average molecular weight is 228 g/mol. The number of carbonyl (C=O) groups excluding carboxylic acids is 1. The normalized spacial score (nSPS) is 21.6. The fourth-order valence-electron chi connectivity index (χ4n) is 2.17. The third-order valence-corrected chi connectivity index (χ3v) is 3.42. The zero-order valence-electron chi connectivity index (χ0n) is 10.2. The van der Waals surface area contributed by atoms with Crippen LogP contribution in [0.25, 0.3) is 0 Å². The van der Waals surface area contributed by atoms with Crippen LogP contribution in [0.1, 0.15) is 39.0 Å². The van der Waals surface area contributed by atoms with Crippen LogP contribution in [0.3, 0.4) is 0 Å². The van der Waals surface area contributed by atoms with Crippen LogP contribution in [0, 0.1) is 5.92 Å². The van der Waals surface area contributed by atoms with Gasteiger partial charge in [0.05, 0.1) is 12.5 Å². The Balaban J connectivity index is 2.17. The minimum absolute atomic E-state index is 0.0845. The molecule has 4 heteroatoms. The molecule has 0 aromatic carbocycles. The molecule has 0 aliphatic carbocycles. The highest BCUT2D eigenvalue weighted by molar-refractivity contribution is 5.74. The topological polar surface area (TPSA) is 66.6 Å². The van der Waals surface area contributed by atoms with Gasteiger partial charge in [-0.1, -0.05) is 13.3 Å². The fourth-order valence-corrected chi connectivity index (χ4v) is 2.17. The van der Waals surface area contributed by atoms with E-state index in [1.54, 1.807) is 0 Å². The second-order valence-electron chi connectivity index (χ2n) is 4.91. The third-order valence-electron chi connectivity index (χ3n) is 3.42. The lowest BCUT2D eigenvalue weighted by Crippen LogP contribution is -2.33. The molecule has 0 bridgehead atoms. The summed E-state index contributed by atoms with van der Waals surface area (Å²) in [5.41, 5.74) is 5.06. The number of hydrogen-bond donors (Lipinski definition) is 2. The van der Waals surface area contributed by atoms with Crippen molar-refractivity contribution in [1.29, 1.82) is 0 Å². The second-order valence-corrected chi connectivity index (χ2v) is 4.91. The fraction of sp³-hybridized carbons (Fsp3) is 0.917. The Labute approximate surface area is 97.8 Å². The first kappa shape index (κ1) is 13.5. The summed E-state index contributed by atoms with van der Waals surface area (Å²) in [5.74, 6) is -0.272. The Bertz CT molecular complexity index is 215. The van der Waals surface area contributed by atoms with E-state index in [0.29, 0.717) is 0 Å². The predicted octanol–water partition coefficient (Wildman–Crippen LogP) is 0.735. The Hall–Kier alpha value is -0.610. The van der Waals surface area contributed by atoms with Crippen molar-refractivity contribution >= 4 is 5.91 Å². The van der Waals surface area contributed by atoms with Crippen molar-refractivity contribution in [3.8, 4) is 0 Å². The van der Waals surface area contributed by atoms with Crippen LogP contribution in [0.2, 0.25) is 0 Å². The first-order chi connectivity index (χ1) is 7.59. The van der Waals surface area contributed by atoms with Gasteiger partial charge in [0.25, 0.3) is 0 Å². The number of rotatable bonds is 6. The first-order valence-electron chi connectivity index (χ1n) is 6.28. The van der Waals surface area contributed by atoms with Crippen molar-refractivity contribution in [3.63, 3.8) is 0 Å². The quantitative estimate of drug-likeness (QED) is 0.704. The molecule has 1 saturated heterocycles. The highest BCUT2D eigenvalue weighted by Gasteiger charge is 2.18. The maximum Gasteiger partial charge on any atom is 0.220 e. The maximum atomic E-state index is 10.7. The van der Waals surface area contributed by atoms with Gasteiger partial charge >= 0.3 is 0 Å². The van der Waals surface area contributed by atoms with Crippen molar-refractivity contribution in [3.05, 3.63) is 0 Å². The number of aliphatic hydroxyl groups excluding tert-OH is 1. The van der Waals surface area contributed by atoms with Crippen molar-refractivity contribution < 1.29 is 9.90 Å². The van der Waals surface area contributed by atoms with Crippen molar-refractivity contribution in [2.45, 2.75) is 45.1 Å². The number of hydrogen-bond acceptors (Lipinski definition) is 3. The summed E-state index contributed by atoms with van der Waals surface area (Å²) in [6.07, 6.45) is 4.37. The molecule has 4 nitrogen and oxygen atoms in total. The molecular formula is C12H24N2O2. The van der Waals surface area contributed by atoms with E-state index in [9.17, 15) is 9.90 Å². The number of carbonyl (C=O) groups is 1. The molecule has 1 heterocycles. The van der Waals surface area contributed by atoms with Gasteiger partial charge < -0.3 is 15.7 Å². The molecule has 0 spiro atoms. The molecule has 1 aliphatic heterocycles. The van der Waals surface area contributed by atoms with Gasteiger partial charge in [-0.3, -0.25) is 4.79 Å². The standard InChI is InChI=1S/C12H24N2O2/c1-10(11(15)9-12(13)16)5-8-14-6-3-2-4-7-14/h10-11,15H,2-9H2,1H3,(H2,13,16)/t10-,11+/m1/s1. The van der Waals surface area contributed by atoms with Crippen LogP contribution in [0.15, 0.2) is 0 Å². The van der Waals surface area contributed by atoms with E-state index in [1.165, 1.54) is 32.4 Å². The van der Waals surface area contributed by atoms with Crippen molar-refractivity contribution in [2.24, 2.45) is 11.7 Å². The summed E-state index contributed by atoms with van der Waals surface area (Å²) in [7, 11) is 0. The lowest BCUT2D eigenvalue weighted by molar-refractivity contribution is -0.120. The molecule has 0 radical (unpaired) electrons. The highest BCUT2D eigenvalue weighted by Crippen LogP contribution is 2.15. The lowest BCUT2D eigenvalue weighted by Gasteiger charge is -2.28. The molecule has 0 aromatic rings. The number of piperidine rings is 1. The molecule has 1 rings (SSSR count). The van der Waals surface area contributed by atoms with Crippen LogP contribution in [-0.2, 0) is 4.79 Å². The Morgan fingerprint density at radius 3 is 2.56 bits per heavy atom. The van der Waals surface area contributed by atoms with E-state index >= 15 is 0 Å². The van der Waals surface area contributed by atoms with Gasteiger partial charge in [-0.25, -0.2) is 0 Å².